The monoisotopic (exact) mass is 681 g/mol. The maximum absolute atomic E-state index is 14.5. The summed E-state index contributed by atoms with van der Waals surface area (Å²) in [7, 11) is 1.32. The van der Waals surface area contributed by atoms with Crippen molar-refractivity contribution in [1.82, 2.24) is 10.2 Å². The smallest absolute Gasteiger partial charge is 0.265 e. The van der Waals surface area contributed by atoms with Crippen molar-refractivity contribution in [2.75, 3.05) is 45.8 Å². The van der Waals surface area contributed by atoms with Gasteiger partial charge < -0.3 is 29.2 Å². The maximum Gasteiger partial charge on any atom is 0.265 e. The number of nitrogens with one attached hydrogen (secondary N) is 1. The minimum Gasteiger partial charge on any atom is -0.497 e. The van der Waals surface area contributed by atoms with Gasteiger partial charge in [-0.05, 0) is 55.5 Å². The first kappa shape index (κ1) is 36.4. The van der Waals surface area contributed by atoms with Gasteiger partial charge in [0.05, 0.1) is 39.0 Å². The van der Waals surface area contributed by atoms with Gasteiger partial charge >= 0.3 is 0 Å². The number of carbonyl (C=O) groups is 2. The van der Waals surface area contributed by atoms with Gasteiger partial charge in [-0.1, -0.05) is 56.5 Å². The first-order valence-corrected chi connectivity index (χ1v) is 17.7. The summed E-state index contributed by atoms with van der Waals surface area (Å²) in [6.45, 7) is 1.46. The molecule has 1 N–H and O–H groups in total. The van der Waals surface area contributed by atoms with Crippen LogP contribution in [0.5, 0.6) is 23.0 Å². The van der Waals surface area contributed by atoms with Crippen LogP contribution in [0.3, 0.4) is 0 Å². The maximum atomic E-state index is 14.5. The summed E-state index contributed by atoms with van der Waals surface area (Å²) in [4.78, 5) is 29.7. The van der Waals surface area contributed by atoms with E-state index in [1.807, 2.05) is 37.3 Å². The van der Waals surface area contributed by atoms with Gasteiger partial charge in [0, 0.05) is 24.7 Å². The van der Waals surface area contributed by atoms with E-state index in [1.54, 1.807) is 12.1 Å². The van der Waals surface area contributed by atoms with Crippen LogP contribution in [0.2, 0.25) is 0 Å². The van der Waals surface area contributed by atoms with Crippen LogP contribution in [-0.2, 0) is 26.0 Å². The van der Waals surface area contributed by atoms with E-state index >= 15 is 0 Å². The third-order valence-corrected chi connectivity index (χ3v) is 10.5. The summed E-state index contributed by atoms with van der Waals surface area (Å²) in [6.07, 6.45) is 5.85. The molecule has 11 nitrogen and oxygen atoms in total. The van der Waals surface area contributed by atoms with Crippen LogP contribution in [0, 0.1) is 0 Å². The fourth-order valence-corrected chi connectivity index (χ4v) is 7.48. The van der Waals surface area contributed by atoms with E-state index < -0.39 is 28.5 Å². The molecule has 260 valence electrons. The van der Waals surface area contributed by atoms with Crippen molar-refractivity contribution in [3.8, 4) is 23.0 Å². The highest BCUT2D eigenvalue weighted by Gasteiger charge is 2.36. The van der Waals surface area contributed by atoms with E-state index in [0.717, 1.165) is 42.0 Å². The zero-order chi connectivity index (χ0) is 34.7. The largest absolute Gasteiger partial charge is 0.497 e. The summed E-state index contributed by atoms with van der Waals surface area (Å²) in [5.74, 6) is 0.359. The molecule has 3 aromatic rings. The molecule has 1 atom stereocenters. The fourth-order valence-electron chi connectivity index (χ4n) is 6.05. The van der Waals surface area contributed by atoms with Crippen molar-refractivity contribution in [3.63, 3.8) is 0 Å². The Kier molecular flexibility index (Phi) is 13.0. The lowest BCUT2D eigenvalue weighted by molar-refractivity contribution is -0.140. The molecule has 0 saturated heterocycles. The third-order valence-electron chi connectivity index (χ3n) is 8.70. The Morgan fingerprint density at radius 2 is 1.50 bits per heavy atom. The fraction of sp³-hybridized carbons (Fsp3) is 0.444. The zero-order valence-corrected chi connectivity index (χ0v) is 29.3. The molecule has 1 fully saturated rings. The molecule has 1 aliphatic rings. The van der Waals surface area contributed by atoms with Crippen LogP contribution in [0.1, 0.15) is 51.0 Å². The van der Waals surface area contributed by atoms with Gasteiger partial charge in [0.1, 0.15) is 24.1 Å². The van der Waals surface area contributed by atoms with Crippen molar-refractivity contribution in [2.45, 2.75) is 68.8 Å². The summed E-state index contributed by atoms with van der Waals surface area (Å²) in [5.41, 5.74) is 1.09. The van der Waals surface area contributed by atoms with E-state index in [1.165, 1.54) is 57.6 Å². The highest BCUT2D eigenvalue weighted by Crippen LogP contribution is 2.38. The Morgan fingerprint density at radius 1 is 0.833 bits per heavy atom. The van der Waals surface area contributed by atoms with Gasteiger partial charge in [-0.15, -0.1) is 0 Å². The molecule has 0 aliphatic heterocycles. The number of ether oxygens (including phenoxy) is 4. The Labute approximate surface area is 284 Å². The summed E-state index contributed by atoms with van der Waals surface area (Å²) < 4.78 is 51.8. The molecular formula is C36H47N3O8S. The molecule has 0 spiro atoms. The predicted octanol–water partition coefficient (Wildman–Crippen LogP) is 5.22. The van der Waals surface area contributed by atoms with Gasteiger partial charge in [-0.3, -0.25) is 13.9 Å². The van der Waals surface area contributed by atoms with E-state index in [2.05, 4.69) is 5.32 Å². The molecular weight excluding hydrogens is 634 g/mol. The molecule has 1 unspecified atom stereocenters. The van der Waals surface area contributed by atoms with Crippen LogP contribution in [0.15, 0.2) is 71.6 Å². The van der Waals surface area contributed by atoms with Crippen molar-refractivity contribution in [1.29, 1.82) is 0 Å². The lowest BCUT2D eigenvalue weighted by Gasteiger charge is -2.34. The Hall–Kier alpha value is -4.45. The third kappa shape index (κ3) is 8.71. The summed E-state index contributed by atoms with van der Waals surface area (Å²) in [6, 6.07) is 17.9. The van der Waals surface area contributed by atoms with Crippen LogP contribution in [-0.4, -0.2) is 78.7 Å². The molecule has 0 bridgehead atoms. The molecule has 3 aromatic carbocycles. The first-order valence-electron chi connectivity index (χ1n) is 16.3. The van der Waals surface area contributed by atoms with E-state index in [4.69, 9.17) is 18.9 Å². The topological polar surface area (TPSA) is 124 Å². The lowest BCUT2D eigenvalue weighted by atomic mass is 9.95. The molecule has 12 heteroatoms. The van der Waals surface area contributed by atoms with Gasteiger partial charge in [-0.2, -0.15) is 0 Å². The number of rotatable bonds is 16. The normalized spacial score (nSPS) is 14.0. The van der Waals surface area contributed by atoms with Gasteiger partial charge in [0.25, 0.3) is 10.0 Å². The average molecular weight is 682 g/mol. The van der Waals surface area contributed by atoms with Crippen molar-refractivity contribution in [3.05, 3.63) is 72.3 Å². The number of anilines is 1. The number of hydrogen-bond acceptors (Lipinski definition) is 8. The number of carbonyl (C=O) groups excluding carboxylic acids is 2. The number of hydrogen-bond donors (Lipinski definition) is 1. The molecule has 0 aromatic heterocycles. The number of nitrogens with zero attached hydrogens (tertiary/aromatic N) is 2. The van der Waals surface area contributed by atoms with Crippen LogP contribution >= 0.6 is 0 Å². The van der Waals surface area contributed by atoms with E-state index in [9.17, 15) is 18.0 Å². The highest BCUT2D eigenvalue weighted by molar-refractivity contribution is 7.92. The van der Waals surface area contributed by atoms with E-state index in [0.29, 0.717) is 24.3 Å². The summed E-state index contributed by atoms with van der Waals surface area (Å²) in [5, 5.41) is 3.17. The van der Waals surface area contributed by atoms with E-state index in [-0.39, 0.29) is 40.6 Å². The van der Waals surface area contributed by atoms with Gasteiger partial charge in [-0.25, -0.2) is 8.42 Å². The Bertz CT molecular complexity index is 1630. The second kappa shape index (κ2) is 17.1. The molecule has 1 saturated carbocycles. The van der Waals surface area contributed by atoms with Crippen LogP contribution in [0.25, 0.3) is 0 Å². The standard InChI is InChI=1S/C36H47N3O8S/c1-6-30(36(41)37-27-15-11-8-12-16-27)38(22-21-26-13-9-7-10-14-26)35(40)25-39(31-23-28(44-2)17-19-32(31)45-3)48(42,43)29-18-20-33(46-4)34(24-29)47-5/h7,9-10,13-14,17-20,23-24,27,30H,6,8,11-12,15-16,21-22,25H2,1-5H3,(H,37,41). The molecule has 0 radical (unpaired) electrons. The highest BCUT2D eigenvalue weighted by atomic mass is 32.2. The molecule has 2 amide bonds. The lowest BCUT2D eigenvalue weighted by Crippen LogP contribution is -2.54. The van der Waals surface area contributed by atoms with Crippen LogP contribution in [0.4, 0.5) is 5.69 Å². The minimum absolute atomic E-state index is 0.0503. The number of methoxy groups -OCH3 is 4. The quantitative estimate of drug-likeness (QED) is 0.219. The second-order valence-corrected chi connectivity index (χ2v) is 13.5. The zero-order valence-electron chi connectivity index (χ0n) is 28.4. The number of sulfonamides is 1. The van der Waals surface area contributed by atoms with Crippen LogP contribution < -0.4 is 28.6 Å². The summed E-state index contributed by atoms with van der Waals surface area (Å²) >= 11 is 0. The average Bonchev–Trinajstić information content (AvgIpc) is 3.12. The molecule has 48 heavy (non-hydrogen) atoms. The Morgan fingerprint density at radius 3 is 2.12 bits per heavy atom. The molecule has 0 heterocycles. The minimum atomic E-state index is -4.43. The van der Waals surface area contributed by atoms with Crippen molar-refractivity contribution in [2.24, 2.45) is 0 Å². The van der Waals surface area contributed by atoms with Crippen molar-refractivity contribution < 1.29 is 37.0 Å². The SMILES string of the molecule is CCC(C(=O)NC1CCCCC1)N(CCc1ccccc1)C(=O)CN(c1cc(OC)ccc1OC)S(=O)(=O)c1ccc(OC)c(OC)c1. The Balaban J connectivity index is 1.77. The number of amides is 2. The van der Waals surface area contributed by atoms with Gasteiger partial charge in [0.15, 0.2) is 11.5 Å². The first-order chi connectivity index (χ1) is 23.2. The number of benzene rings is 3. The predicted molar refractivity (Wildman–Crippen MR) is 185 cm³/mol. The second-order valence-electron chi connectivity index (χ2n) is 11.7. The molecule has 4 rings (SSSR count). The van der Waals surface area contributed by atoms with Gasteiger partial charge in [0.2, 0.25) is 11.8 Å². The van der Waals surface area contributed by atoms with Crippen molar-refractivity contribution >= 4 is 27.5 Å². The molecule has 1 aliphatic carbocycles.